The lowest BCUT2D eigenvalue weighted by Gasteiger charge is -1.96. The van der Waals surface area contributed by atoms with E-state index in [0.717, 1.165) is 5.39 Å². The molecular formula is C8H6ClNO2. The quantitative estimate of drug-likeness (QED) is 0.682. The Labute approximate surface area is 73.9 Å². The molecule has 0 unspecified atom stereocenters. The van der Waals surface area contributed by atoms with E-state index < -0.39 is 0 Å². The Hall–Kier alpha value is -1.22. The zero-order valence-corrected chi connectivity index (χ0v) is 7.13. The molecule has 0 saturated carbocycles. The van der Waals surface area contributed by atoms with Crippen molar-refractivity contribution in [3.8, 4) is 5.88 Å². The zero-order valence-electron chi connectivity index (χ0n) is 6.37. The lowest BCUT2D eigenvalue weighted by atomic mass is 10.3. The Balaban J connectivity index is 2.78. The number of fused-ring (bicyclic) bond motifs is 1. The van der Waals surface area contributed by atoms with Crippen LogP contribution in [0, 0.1) is 0 Å². The van der Waals surface area contributed by atoms with Gasteiger partial charge in [-0.2, -0.15) is 0 Å². The lowest BCUT2D eigenvalue weighted by Crippen LogP contribution is -1.85. The summed E-state index contributed by atoms with van der Waals surface area (Å²) in [5, 5.41) is 1.24. The molecule has 62 valence electrons. The van der Waals surface area contributed by atoms with Crippen LogP contribution in [0.4, 0.5) is 0 Å². The van der Waals surface area contributed by atoms with Crippen molar-refractivity contribution in [2.24, 2.45) is 0 Å². The summed E-state index contributed by atoms with van der Waals surface area (Å²) in [7, 11) is 1.54. The van der Waals surface area contributed by atoms with E-state index in [1.807, 2.05) is 6.07 Å². The predicted molar refractivity (Wildman–Crippen MR) is 45.6 cm³/mol. The van der Waals surface area contributed by atoms with Gasteiger partial charge in [-0.1, -0.05) is 0 Å². The third kappa shape index (κ3) is 1.02. The van der Waals surface area contributed by atoms with Crippen LogP contribution in [0.15, 0.2) is 22.7 Å². The first-order valence-corrected chi connectivity index (χ1v) is 3.77. The van der Waals surface area contributed by atoms with Crippen molar-refractivity contribution in [1.82, 2.24) is 4.98 Å². The van der Waals surface area contributed by atoms with Crippen LogP contribution < -0.4 is 4.74 Å². The molecule has 0 atom stereocenters. The van der Waals surface area contributed by atoms with Crippen LogP contribution >= 0.6 is 11.6 Å². The summed E-state index contributed by atoms with van der Waals surface area (Å²) >= 11 is 5.66. The molecule has 0 aliphatic heterocycles. The van der Waals surface area contributed by atoms with Crippen molar-refractivity contribution in [1.29, 1.82) is 0 Å². The lowest BCUT2D eigenvalue weighted by molar-refractivity contribution is 0.394. The van der Waals surface area contributed by atoms with Gasteiger partial charge < -0.3 is 9.15 Å². The highest BCUT2D eigenvalue weighted by Gasteiger charge is 2.07. The molecule has 0 fully saturated rings. The zero-order chi connectivity index (χ0) is 8.55. The van der Waals surface area contributed by atoms with Crippen LogP contribution in [0.3, 0.4) is 0 Å². The van der Waals surface area contributed by atoms with Crippen LogP contribution in [0.25, 0.3) is 11.0 Å². The van der Waals surface area contributed by atoms with Gasteiger partial charge in [-0.3, -0.25) is 0 Å². The van der Waals surface area contributed by atoms with Gasteiger partial charge >= 0.3 is 0 Å². The van der Waals surface area contributed by atoms with Crippen molar-refractivity contribution < 1.29 is 9.15 Å². The number of furan rings is 1. The third-order valence-electron chi connectivity index (χ3n) is 1.56. The van der Waals surface area contributed by atoms with Gasteiger partial charge in [0.25, 0.3) is 5.88 Å². The maximum absolute atomic E-state index is 5.66. The highest BCUT2D eigenvalue weighted by molar-refractivity contribution is 6.29. The average molecular weight is 184 g/mol. The number of pyridine rings is 1. The van der Waals surface area contributed by atoms with E-state index in [0.29, 0.717) is 16.7 Å². The number of halogens is 1. The third-order valence-corrected chi connectivity index (χ3v) is 1.75. The van der Waals surface area contributed by atoms with Gasteiger partial charge in [0, 0.05) is 17.6 Å². The molecule has 0 aliphatic carbocycles. The smallest absolute Gasteiger partial charge is 0.258 e. The van der Waals surface area contributed by atoms with Crippen LogP contribution in [0.2, 0.25) is 5.22 Å². The molecule has 0 N–H and O–H groups in total. The monoisotopic (exact) mass is 183 g/mol. The molecule has 4 heteroatoms. The van der Waals surface area contributed by atoms with E-state index in [1.54, 1.807) is 12.3 Å². The molecule has 12 heavy (non-hydrogen) atoms. The van der Waals surface area contributed by atoms with Gasteiger partial charge in [0.05, 0.1) is 7.11 Å². The van der Waals surface area contributed by atoms with Gasteiger partial charge in [-0.05, 0) is 17.7 Å². The highest BCUT2D eigenvalue weighted by atomic mass is 35.5. The van der Waals surface area contributed by atoms with Crippen molar-refractivity contribution >= 4 is 22.6 Å². The van der Waals surface area contributed by atoms with E-state index >= 15 is 0 Å². The number of hydrogen-bond donors (Lipinski definition) is 0. The molecule has 0 aromatic carbocycles. The van der Waals surface area contributed by atoms with Gasteiger partial charge in [0.15, 0.2) is 10.8 Å². The number of rotatable bonds is 1. The van der Waals surface area contributed by atoms with E-state index in [4.69, 9.17) is 20.8 Å². The fourth-order valence-electron chi connectivity index (χ4n) is 1.05. The molecule has 2 heterocycles. The minimum absolute atomic E-state index is 0.344. The number of aromatic nitrogens is 1. The summed E-state index contributed by atoms with van der Waals surface area (Å²) in [6.07, 6.45) is 1.65. The molecule has 2 aromatic heterocycles. The Kier molecular flexibility index (Phi) is 1.66. The number of hydrogen-bond acceptors (Lipinski definition) is 3. The van der Waals surface area contributed by atoms with Gasteiger partial charge in [0.2, 0.25) is 0 Å². The Morgan fingerprint density at radius 3 is 3.17 bits per heavy atom. The Morgan fingerprint density at radius 2 is 2.42 bits per heavy atom. The van der Waals surface area contributed by atoms with E-state index in [-0.39, 0.29) is 0 Å². The molecule has 3 nitrogen and oxygen atoms in total. The van der Waals surface area contributed by atoms with Crippen LogP contribution in [0.5, 0.6) is 5.88 Å². The summed E-state index contributed by atoms with van der Waals surface area (Å²) in [6, 6.07) is 3.54. The summed E-state index contributed by atoms with van der Waals surface area (Å²) in [4.78, 5) is 3.96. The second-order valence-corrected chi connectivity index (χ2v) is 2.66. The topological polar surface area (TPSA) is 35.3 Å². The molecule has 0 amide bonds. The number of nitrogens with zero attached hydrogens (tertiary/aromatic N) is 1. The predicted octanol–water partition coefficient (Wildman–Crippen LogP) is 2.49. The molecule has 0 saturated heterocycles. The Morgan fingerprint density at radius 1 is 1.58 bits per heavy atom. The molecular weight excluding hydrogens is 178 g/mol. The van der Waals surface area contributed by atoms with Crippen molar-refractivity contribution in [3.63, 3.8) is 0 Å². The molecule has 0 spiro atoms. The van der Waals surface area contributed by atoms with Crippen LogP contribution in [-0.2, 0) is 0 Å². The van der Waals surface area contributed by atoms with E-state index in [1.165, 1.54) is 7.11 Å². The molecule has 0 radical (unpaired) electrons. The number of methoxy groups -OCH3 is 1. The average Bonchev–Trinajstić information content (AvgIpc) is 2.44. The van der Waals surface area contributed by atoms with Crippen molar-refractivity contribution in [3.05, 3.63) is 23.5 Å². The molecule has 2 rings (SSSR count). The first kappa shape index (κ1) is 7.43. The fraction of sp³-hybridized carbons (Fsp3) is 0.125. The van der Waals surface area contributed by atoms with Gasteiger partial charge in [0.1, 0.15) is 0 Å². The minimum atomic E-state index is 0.344. The maximum Gasteiger partial charge on any atom is 0.258 e. The fourth-order valence-corrected chi connectivity index (χ4v) is 1.25. The van der Waals surface area contributed by atoms with Gasteiger partial charge in [-0.25, -0.2) is 4.98 Å². The summed E-state index contributed by atoms with van der Waals surface area (Å²) in [5.41, 5.74) is 0.588. The minimum Gasteiger partial charge on any atom is -0.478 e. The maximum atomic E-state index is 5.66. The largest absolute Gasteiger partial charge is 0.478 e. The first-order valence-electron chi connectivity index (χ1n) is 3.39. The second-order valence-electron chi connectivity index (χ2n) is 2.29. The van der Waals surface area contributed by atoms with E-state index in [9.17, 15) is 0 Å². The van der Waals surface area contributed by atoms with Crippen molar-refractivity contribution in [2.45, 2.75) is 0 Å². The normalized spacial score (nSPS) is 10.5. The second kappa shape index (κ2) is 2.68. The summed E-state index contributed by atoms with van der Waals surface area (Å²) in [6.45, 7) is 0. The number of ether oxygens (including phenoxy) is 1. The Bertz CT molecular complexity index is 410. The SMILES string of the molecule is COc1nccc2cc(Cl)oc12. The van der Waals surface area contributed by atoms with Gasteiger partial charge in [-0.15, -0.1) is 0 Å². The first-order chi connectivity index (χ1) is 5.81. The molecule has 0 aliphatic rings. The highest BCUT2D eigenvalue weighted by Crippen LogP contribution is 2.28. The molecule has 2 aromatic rings. The van der Waals surface area contributed by atoms with Crippen LogP contribution in [-0.4, -0.2) is 12.1 Å². The standard InChI is InChI=1S/C8H6ClNO2/c1-11-8-7-5(2-3-10-8)4-6(9)12-7/h2-4H,1H3. The van der Waals surface area contributed by atoms with E-state index in [2.05, 4.69) is 4.98 Å². The molecule has 0 bridgehead atoms. The van der Waals surface area contributed by atoms with Crippen molar-refractivity contribution in [2.75, 3.05) is 7.11 Å². The summed E-state index contributed by atoms with van der Waals surface area (Å²) < 4.78 is 10.1. The summed E-state index contributed by atoms with van der Waals surface area (Å²) in [5.74, 6) is 0.458. The van der Waals surface area contributed by atoms with Crippen LogP contribution in [0.1, 0.15) is 0 Å².